The fourth-order valence-corrected chi connectivity index (χ4v) is 1.92. The number of fused-ring (bicyclic) bond motifs is 1. The van der Waals surface area contributed by atoms with E-state index in [2.05, 4.69) is 16.8 Å². The summed E-state index contributed by atoms with van der Waals surface area (Å²) >= 11 is 1.54. The maximum atomic E-state index is 8.99. The van der Waals surface area contributed by atoms with Crippen LogP contribution in [0.15, 0.2) is 24.3 Å². The van der Waals surface area contributed by atoms with E-state index in [-0.39, 0.29) is 0 Å². The van der Waals surface area contributed by atoms with Gasteiger partial charge in [0, 0.05) is 0 Å². The highest BCUT2D eigenvalue weighted by molar-refractivity contribution is 7.19. The smallest absolute Gasteiger partial charge is 0.168 e. The number of hydrogen-bond donors (Lipinski definition) is 1. The van der Waals surface area contributed by atoms with Crippen LogP contribution in [0.2, 0.25) is 0 Å². The number of nitrogens with zero attached hydrogens (tertiary/aromatic N) is 1. The molecule has 3 heteroatoms. The second-order valence-electron chi connectivity index (χ2n) is 2.93. The summed E-state index contributed by atoms with van der Waals surface area (Å²) in [5.41, 5.74) is 0.965. The van der Waals surface area contributed by atoms with Gasteiger partial charge in [-0.2, -0.15) is 0 Å². The molecule has 0 amide bonds. The van der Waals surface area contributed by atoms with E-state index in [0.717, 1.165) is 15.2 Å². The lowest BCUT2D eigenvalue weighted by Gasteiger charge is -1.84. The van der Waals surface area contributed by atoms with Crippen molar-refractivity contribution < 1.29 is 5.11 Å². The van der Waals surface area contributed by atoms with Crippen LogP contribution in [0.5, 0.6) is 0 Å². The van der Waals surface area contributed by atoms with E-state index >= 15 is 0 Å². The second-order valence-corrected chi connectivity index (χ2v) is 3.96. The molecule has 14 heavy (non-hydrogen) atoms. The summed E-state index contributed by atoms with van der Waals surface area (Å²) in [5.74, 6) is 5.52. The first-order chi connectivity index (χ1) is 6.75. The van der Waals surface area contributed by atoms with Crippen molar-refractivity contribution in [1.82, 2.24) is 4.98 Å². The largest absolute Gasteiger partial charge is 0.381 e. The molecule has 0 aliphatic heterocycles. The molecule has 0 saturated heterocycles. The Morgan fingerprint density at radius 1 is 1.43 bits per heavy atom. The minimum absolute atomic E-state index is 0.595. The molecule has 1 aromatic carbocycles. The molecular formula is C11H9NOS. The predicted molar refractivity (Wildman–Crippen MR) is 58.2 cm³/mol. The molecule has 0 fully saturated rings. The molecule has 0 spiro atoms. The lowest BCUT2D eigenvalue weighted by atomic mass is 10.3. The molecule has 2 aromatic rings. The van der Waals surface area contributed by atoms with Crippen molar-refractivity contribution in [2.75, 3.05) is 0 Å². The van der Waals surface area contributed by atoms with Crippen molar-refractivity contribution in [2.45, 2.75) is 13.0 Å². The standard InChI is InChI=1S/C11H9NOS/c1-8(13)6-7-11-12-9-4-2-3-5-10(9)14-11/h2-5,8,13H,1H3/t8-/m0/s1. The third-order valence-electron chi connectivity index (χ3n) is 1.68. The van der Waals surface area contributed by atoms with Crippen LogP contribution in [0.3, 0.4) is 0 Å². The first-order valence-corrected chi connectivity index (χ1v) is 5.12. The van der Waals surface area contributed by atoms with E-state index in [1.807, 2.05) is 24.3 Å². The third-order valence-corrected chi connectivity index (χ3v) is 2.63. The van der Waals surface area contributed by atoms with Gasteiger partial charge in [-0.1, -0.05) is 18.1 Å². The normalized spacial score (nSPS) is 12.1. The van der Waals surface area contributed by atoms with Crippen molar-refractivity contribution in [2.24, 2.45) is 0 Å². The Morgan fingerprint density at radius 2 is 2.21 bits per heavy atom. The molecule has 0 unspecified atom stereocenters. The molecule has 1 aromatic heterocycles. The summed E-state index contributed by atoms with van der Waals surface area (Å²) in [5, 5.41) is 9.75. The van der Waals surface area contributed by atoms with Gasteiger partial charge in [0.2, 0.25) is 0 Å². The van der Waals surface area contributed by atoms with E-state index in [9.17, 15) is 0 Å². The van der Waals surface area contributed by atoms with Gasteiger partial charge in [0.1, 0.15) is 6.10 Å². The molecule has 0 saturated carbocycles. The van der Waals surface area contributed by atoms with Gasteiger partial charge < -0.3 is 5.11 Å². The van der Waals surface area contributed by atoms with E-state index in [1.54, 1.807) is 18.3 Å². The van der Waals surface area contributed by atoms with Crippen molar-refractivity contribution in [3.05, 3.63) is 29.3 Å². The summed E-state index contributed by atoms with van der Waals surface area (Å²) in [4.78, 5) is 4.32. The monoisotopic (exact) mass is 203 g/mol. The Hall–Kier alpha value is -1.37. The van der Waals surface area contributed by atoms with Crippen LogP contribution in [0.25, 0.3) is 10.2 Å². The maximum Gasteiger partial charge on any atom is 0.168 e. The summed E-state index contributed by atoms with van der Waals surface area (Å²) in [6.45, 7) is 1.64. The summed E-state index contributed by atoms with van der Waals surface area (Å²) < 4.78 is 1.13. The molecule has 70 valence electrons. The van der Waals surface area contributed by atoms with Crippen LogP contribution in [-0.2, 0) is 0 Å². The van der Waals surface area contributed by atoms with Crippen molar-refractivity contribution in [3.8, 4) is 11.8 Å². The van der Waals surface area contributed by atoms with Crippen LogP contribution in [0, 0.1) is 11.8 Å². The van der Waals surface area contributed by atoms with Gasteiger partial charge in [0.25, 0.3) is 0 Å². The van der Waals surface area contributed by atoms with Gasteiger partial charge in [0.05, 0.1) is 10.2 Å². The number of aliphatic hydroxyl groups is 1. The van der Waals surface area contributed by atoms with Crippen LogP contribution in [0.4, 0.5) is 0 Å². The van der Waals surface area contributed by atoms with E-state index < -0.39 is 6.10 Å². The molecule has 2 nitrogen and oxygen atoms in total. The van der Waals surface area contributed by atoms with Crippen molar-refractivity contribution in [1.29, 1.82) is 0 Å². The van der Waals surface area contributed by atoms with E-state index in [1.165, 1.54) is 0 Å². The highest BCUT2D eigenvalue weighted by Gasteiger charge is 1.99. The molecule has 2 rings (SSSR count). The zero-order valence-electron chi connectivity index (χ0n) is 7.69. The minimum atomic E-state index is -0.595. The second kappa shape index (κ2) is 3.79. The Bertz CT molecular complexity index is 471. The minimum Gasteiger partial charge on any atom is -0.381 e. The molecular weight excluding hydrogens is 194 g/mol. The lowest BCUT2D eigenvalue weighted by Crippen LogP contribution is -1.92. The zero-order chi connectivity index (χ0) is 9.97. The number of benzene rings is 1. The van der Waals surface area contributed by atoms with Gasteiger partial charge in [-0.05, 0) is 25.0 Å². The van der Waals surface area contributed by atoms with E-state index in [0.29, 0.717) is 0 Å². The van der Waals surface area contributed by atoms with Gasteiger partial charge in [-0.15, -0.1) is 11.3 Å². The number of aliphatic hydroxyl groups excluding tert-OH is 1. The first kappa shape index (κ1) is 9.20. The molecule has 0 radical (unpaired) electrons. The van der Waals surface area contributed by atoms with Gasteiger partial charge in [0.15, 0.2) is 5.01 Å². The van der Waals surface area contributed by atoms with E-state index in [4.69, 9.17) is 5.11 Å². The molecule has 0 bridgehead atoms. The molecule has 1 atom stereocenters. The molecule has 1 heterocycles. The number of aromatic nitrogens is 1. The Morgan fingerprint density at radius 3 is 2.93 bits per heavy atom. The number of hydrogen-bond acceptors (Lipinski definition) is 3. The highest BCUT2D eigenvalue weighted by atomic mass is 32.1. The quantitative estimate of drug-likeness (QED) is 0.664. The van der Waals surface area contributed by atoms with Crippen LogP contribution in [0.1, 0.15) is 11.9 Å². The number of para-hydroxylation sites is 1. The van der Waals surface area contributed by atoms with Gasteiger partial charge in [-0.3, -0.25) is 0 Å². The molecule has 0 aliphatic rings. The maximum absolute atomic E-state index is 8.99. The van der Waals surface area contributed by atoms with Gasteiger partial charge in [-0.25, -0.2) is 4.98 Å². The Balaban J connectivity index is 2.42. The first-order valence-electron chi connectivity index (χ1n) is 4.31. The zero-order valence-corrected chi connectivity index (χ0v) is 8.51. The summed E-state index contributed by atoms with van der Waals surface area (Å²) in [6.07, 6.45) is -0.595. The molecule has 1 N–H and O–H groups in total. The fourth-order valence-electron chi connectivity index (χ4n) is 1.09. The number of thiazole rings is 1. The van der Waals surface area contributed by atoms with Crippen LogP contribution >= 0.6 is 11.3 Å². The predicted octanol–water partition coefficient (Wildman–Crippen LogP) is 2.03. The molecule has 0 aliphatic carbocycles. The lowest BCUT2D eigenvalue weighted by molar-refractivity contribution is 0.253. The fraction of sp³-hybridized carbons (Fsp3) is 0.182. The summed E-state index contributed by atoms with van der Waals surface area (Å²) in [7, 11) is 0. The van der Waals surface area contributed by atoms with Crippen molar-refractivity contribution in [3.63, 3.8) is 0 Å². The Labute approximate surface area is 86.2 Å². The average molecular weight is 203 g/mol. The number of rotatable bonds is 0. The topological polar surface area (TPSA) is 33.1 Å². The average Bonchev–Trinajstić information content (AvgIpc) is 2.57. The van der Waals surface area contributed by atoms with Crippen LogP contribution < -0.4 is 0 Å². The third kappa shape index (κ3) is 1.92. The highest BCUT2D eigenvalue weighted by Crippen LogP contribution is 2.20. The van der Waals surface area contributed by atoms with Crippen molar-refractivity contribution >= 4 is 21.6 Å². The van der Waals surface area contributed by atoms with Gasteiger partial charge >= 0.3 is 0 Å². The SMILES string of the molecule is C[C@H](O)C#Cc1nc2ccccc2s1. The van der Waals surface area contributed by atoms with Crippen LogP contribution in [-0.4, -0.2) is 16.2 Å². The summed E-state index contributed by atoms with van der Waals surface area (Å²) in [6, 6.07) is 7.90. The Kier molecular flexibility index (Phi) is 2.49.